The molecule has 1 N–H and O–H groups in total. The van der Waals surface area contributed by atoms with Crippen LogP contribution in [0.1, 0.15) is 12.1 Å². The summed E-state index contributed by atoms with van der Waals surface area (Å²) in [6.07, 6.45) is 6.23. The summed E-state index contributed by atoms with van der Waals surface area (Å²) < 4.78 is 4.34. The van der Waals surface area contributed by atoms with E-state index in [4.69, 9.17) is 0 Å². The van der Waals surface area contributed by atoms with Crippen LogP contribution in [0, 0.1) is 6.92 Å². The van der Waals surface area contributed by atoms with E-state index in [2.05, 4.69) is 31.4 Å². The summed E-state index contributed by atoms with van der Waals surface area (Å²) in [4.78, 5) is 11.6. The first-order chi connectivity index (χ1) is 9.13. The van der Waals surface area contributed by atoms with E-state index in [-0.39, 0.29) is 12.5 Å². The molecule has 0 aliphatic heterocycles. The molecule has 2 aromatic rings. The lowest BCUT2D eigenvalue weighted by Crippen LogP contribution is -2.29. The van der Waals surface area contributed by atoms with Gasteiger partial charge in [0.15, 0.2) is 0 Å². The molecule has 102 valence electrons. The first kappa shape index (κ1) is 13.8. The van der Waals surface area contributed by atoms with Crippen LogP contribution >= 0.6 is 15.9 Å². The van der Waals surface area contributed by atoms with Gasteiger partial charge in [-0.05, 0) is 35.3 Å². The average Bonchev–Trinajstić information content (AvgIpc) is 2.94. The molecular weight excluding hydrogens is 310 g/mol. The van der Waals surface area contributed by atoms with Gasteiger partial charge in [0.25, 0.3) is 0 Å². The largest absolute Gasteiger partial charge is 0.354 e. The molecule has 0 aliphatic carbocycles. The molecule has 0 aromatic carbocycles. The van der Waals surface area contributed by atoms with Crippen LogP contribution in [0.2, 0.25) is 0 Å². The van der Waals surface area contributed by atoms with Gasteiger partial charge in [-0.2, -0.15) is 10.2 Å². The molecule has 7 heteroatoms. The summed E-state index contributed by atoms with van der Waals surface area (Å²) >= 11 is 3.29. The van der Waals surface area contributed by atoms with E-state index >= 15 is 0 Å². The van der Waals surface area contributed by atoms with Gasteiger partial charge in [0.1, 0.15) is 6.54 Å². The summed E-state index contributed by atoms with van der Waals surface area (Å²) in [5, 5.41) is 11.2. The standard InChI is InChI=1S/C12H16BrN5O/c1-10-3-6-17(16-10)5-2-4-14-12(19)9-18-8-11(13)7-15-18/h3,6-8H,2,4-5,9H2,1H3,(H,14,19). The van der Waals surface area contributed by atoms with Crippen molar-refractivity contribution < 1.29 is 4.79 Å². The molecule has 0 radical (unpaired) electrons. The number of nitrogens with zero attached hydrogens (tertiary/aromatic N) is 4. The van der Waals surface area contributed by atoms with Gasteiger partial charge in [0.2, 0.25) is 5.91 Å². The van der Waals surface area contributed by atoms with Gasteiger partial charge in [0, 0.05) is 25.5 Å². The minimum Gasteiger partial charge on any atom is -0.354 e. The van der Waals surface area contributed by atoms with Crippen LogP contribution < -0.4 is 5.32 Å². The van der Waals surface area contributed by atoms with E-state index in [1.165, 1.54) is 0 Å². The Bertz CT molecular complexity index is 548. The molecule has 0 fully saturated rings. The molecule has 0 atom stereocenters. The summed E-state index contributed by atoms with van der Waals surface area (Å²) in [5.74, 6) is -0.0350. The third kappa shape index (κ3) is 4.51. The van der Waals surface area contributed by atoms with Gasteiger partial charge in [-0.3, -0.25) is 14.2 Å². The Kier molecular flexibility index (Phi) is 4.73. The van der Waals surface area contributed by atoms with Crippen LogP contribution in [0.5, 0.6) is 0 Å². The number of hydrogen-bond acceptors (Lipinski definition) is 3. The van der Waals surface area contributed by atoms with Crippen molar-refractivity contribution in [1.29, 1.82) is 0 Å². The van der Waals surface area contributed by atoms with Gasteiger partial charge < -0.3 is 5.32 Å². The normalized spacial score (nSPS) is 10.6. The zero-order chi connectivity index (χ0) is 13.7. The fraction of sp³-hybridized carbons (Fsp3) is 0.417. The lowest BCUT2D eigenvalue weighted by molar-refractivity contribution is -0.121. The van der Waals surface area contributed by atoms with Crippen molar-refractivity contribution in [2.24, 2.45) is 0 Å². The number of amides is 1. The van der Waals surface area contributed by atoms with Crippen LogP contribution in [0.4, 0.5) is 0 Å². The molecule has 6 nitrogen and oxygen atoms in total. The van der Waals surface area contributed by atoms with Crippen molar-refractivity contribution in [2.75, 3.05) is 6.54 Å². The maximum Gasteiger partial charge on any atom is 0.241 e. The molecule has 2 aromatic heterocycles. The number of halogens is 1. The van der Waals surface area contributed by atoms with E-state index < -0.39 is 0 Å². The Balaban J connectivity index is 1.64. The summed E-state index contributed by atoms with van der Waals surface area (Å²) in [5.41, 5.74) is 1.01. The molecule has 1 amide bonds. The fourth-order valence-electron chi connectivity index (χ4n) is 1.68. The monoisotopic (exact) mass is 325 g/mol. The predicted octanol–water partition coefficient (Wildman–Crippen LogP) is 1.36. The number of hydrogen-bond donors (Lipinski definition) is 1. The number of carbonyl (C=O) groups is 1. The van der Waals surface area contributed by atoms with Crippen molar-refractivity contribution in [3.63, 3.8) is 0 Å². The minimum atomic E-state index is -0.0350. The third-order valence-electron chi connectivity index (χ3n) is 2.57. The molecule has 0 saturated heterocycles. The van der Waals surface area contributed by atoms with Crippen molar-refractivity contribution in [3.8, 4) is 0 Å². The molecule has 0 spiro atoms. The summed E-state index contributed by atoms with van der Waals surface area (Å²) in [7, 11) is 0. The van der Waals surface area contributed by atoms with Crippen LogP contribution in [0.15, 0.2) is 29.1 Å². The van der Waals surface area contributed by atoms with Crippen molar-refractivity contribution >= 4 is 21.8 Å². The number of aromatic nitrogens is 4. The maximum atomic E-state index is 11.6. The van der Waals surface area contributed by atoms with Crippen molar-refractivity contribution in [3.05, 3.63) is 34.8 Å². The minimum absolute atomic E-state index is 0.0350. The SMILES string of the molecule is Cc1ccn(CCCNC(=O)Cn2cc(Br)cn2)n1. The maximum absolute atomic E-state index is 11.6. The molecular formula is C12H16BrN5O. The quantitative estimate of drug-likeness (QED) is 0.815. The lowest BCUT2D eigenvalue weighted by Gasteiger charge is -2.05. The second kappa shape index (κ2) is 6.51. The Morgan fingerprint density at radius 3 is 2.95 bits per heavy atom. The zero-order valence-electron chi connectivity index (χ0n) is 10.7. The highest BCUT2D eigenvalue weighted by Gasteiger charge is 2.03. The zero-order valence-corrected chi connectivity index (χ0v) is 12.3. The Labute approximate surface area is 119 Å². The van der Waals surface area contributed by atoms with Crippen molar-refractivity contribution in [2.45, 2.75) is 26.4 Å². The molecule has 0 bridgehead atoms. The van der Waals surface area contributed by atoms with Crippen LogP contribution in [-0.2, 0) is 17.9 Å². The number of nitrogens with one attached hydrogen (secondary N) is 1. The van der Waals surface area contributed by atoms with Crippen LogP contribution in [0.3, 0.4) is 0 Å². The molecule has 2 rings (SSSR count). The van der Waals surface area contributed by atoms with Crippen molar-refractivity contribution in [1.82, 2.24) is 24.9 Å². The average molecular weight is 326 g/mol. The summed E-state index contributed by atoms with van der Waals surface area (Å²) in [6.45, 7) is 3.65. The second-order valence-corrected chi connectivity index (χ2v) is 5.20. The first-order valence-electron chi connectivity index (χ1n) is 6.08. The Morgan fingerprint density at radius 1 is 1.47 bits per heavy atom. The van der Waals surface area contributed by atoms with Gasteiger partial charge in [-0.25, -0.2) is 0 Å². The summed E-state index contributed by atoms with van der Waals surface area (Å²) in [6, 6.07) is 1.97. The topological polar surface area (TPSA) is 64.7 Å². The first-order valence-corrected chi connectivity index (χ1v) is 6.87. The van der Waals surface area contributed by atoms with Gasteiger partial charge >= 0.3 is 0 Å². The Morgan fingerprint density at radius 2 is 2.32 bits per heavy atom. The Hall–Kier alpha value is -1.63. The fourth-order valence-corrected chi connectivity index (χ4v) is 2.01. The number of aryl methyl sites for hydroxylation is 2. The molecule has 0 unspecified atom stereocenters. The smallest absolute Gasteiger partial charge is 0.241 e. The third-order valence-corrected chi connectivity index (χ3v) is 2.98. The second-order valence-electron chi connectivity index (χ2n) is 4.28. The van der Waals surface area contributed by atoms with Gasteiger partial charge in [-0.15, -0.1) is 0 Å². The number of rotatable bonds is 6. The van der Waals surface area contributed by atoms with E-state index in [1.54, 1.807) is 17.1 Å². The van der Waals surface area contributed by atoms with E-state index in [9.17, 15) is 4.79 Å². The molecule has 19 heavy (non-hydrogen) atoms. The van der Waals surface area contributed by atoms with E-state index in [1.807, 2.05) is 23.9 Å². The lowest BCUT2D eigenvalue weighted by atomic mass is 10.4. The highest BCUT2D eigenvalue weighted by atomic mass is 79.9. The molecule has 2 heterocycles. The van der Waals surface area contributed by atoms with Crippen LogP contribution in [0.25, 0.3) is 0 Å². The van der Waals surface area contributed by atoms with E-state index in [0.29, 0.717) is 6.54 Å². The van der Waals surface area contributed by atoms with Gasteiger partial charge in [0.05, 0.1) is 16.4 Å². The van der Waals surface area contributed by atoms with Crippen LogP contribution in [-0.4, -0.2) is 32.0 Å². The van der Waals surface area contributed by atoms with Gasteiger partial charge in [-0.1, -0.05) is 0 Å². The highest BCUT2D eigenvalue weighted by Crippen LogP contribution is 2.05. The number of carbonyl (C=O) groups excluding carboxylic acids is 1. The predicted molar refractivity (Wildman–Crippen MR) is 74.5 cm³/mol. The van der Waals surface area contributed by atoms with E-state index in [0.717, 1.165) is 23.1 Å². The molecule has 0 saturated carbocycles. The molecule has 0 aliphatic rings. The highest BCUT2D eigenvalue weighted by molar-refractivity contribution is 9.10.